The molecular weight excluding hydrogens is 278 g/mol. The van der Waals surface area contributed by atoms with Gasteiger partial charge in [0.1, 0.15) is 0 Å². The third-order valence-electron chi connectivity index (χ3n) is 5.21. The molecule has 2 aliphatic rings. The molecule has 1 N–H and O–H groups in total. The van der Waals surface area contributed by atoms with Crippen LogP contribution in [-0.2, 0) is 9.59 Å². The zero-order chi connectivity index (χ0) is 15.7. The van der Waals surface area contributed by atoms with E-state index in [1.54, 1.807) is 0 Å². The van der Waals surface area contributed by atoms with Crippen LogP contribution in [0.4, 0.5) is 0 Å². The molecule has 2 atom stereocenters. The molecule has 0 aromatic heterocycles. The first-order chi connectivity index (χ1) is 10.6. The van der Waals surface area contributed by atoms with Crippen LogP contribution >= 0.6 is 0 Å². The number of carboxylic acids is 1. The molecule has 1 aromatic carbocycles. The highest BCUT2D eigenvalue weighted by molar-refractivity contribution is 5.81. The van der Waals surface area contributed by atoms with Crippen molar-refractivity contribution in [2.75, 3.05) is 6.54 Å². The quantitative estimate of drug-likeness (QED) is 0.933. The predicted octanol–water partition coefficient (Wildman–Crippen LogP) is 3.10. The van der Waals surface area contributed by atoms with E-state index in [0.29, 0.717) is 31.6 Å². The van der Waals surface area contributed by atoms with Gasteiger partial charge in [-0.3, -0.25) is 9.59 Å². The number of benzene rings is 1. The molecule has 1 aromatic rings. The van der Waals surface area contributed by atoms with E-state index in [9.17, 15) is 9.59 Å². The molecule has 1 aliphatic heterocycles. The normalized spacial score (nSPS) is 31.4. The van der Waals surface area contributed by atoms with Crippen molar-refractivity contribution < 1.29 is 14.7 Å². The number of hydrogen-bond acceptors (Lipinski definition) is 2. The molecule has 4 nitrogen and oxygen atoms in total. The number of nitrogens with zero attached hydrogens (tertiary/aromatic N) is 1. The van der Waals surface area contributed by atoms with Crippen LogP contribution in [0.25, 0.3) is 0 Å². The standard InChI is InChI=1S/C18H23NO3/c1-12-11-19(16(12)13-5-3-2-4-6-13)17(20)14-7-9-15(10-8-14)18(21)22/h2-6,12,14-16H,7-11H2,1H3,(H,21,22). The molecule has 2 fully saturated rings. The van der Waals surface area contributed by atoms with Gasteiger partial charge < -0.3 is 10.0 Å². The Kier molecular flexibility index (Phi) is 4.19. The Morgan fingerprint density at radius 3 is 2.18 bits per heavy atom. The largest absolute Gasteiger partial charge is 0.481 e. The molecule has 4 heteroatoms. The van der Waals surface area contributed by atoms with Gasteiger partial charge in [0.05, 0.1) is 12.0 Å². The molecule has 2 unspecified atom stereocenters. The second-order valence-corrected chi connectivity index (χ2v) is 6.71. The average Bonchev–Trinajstić information content (AvgIpc) is 2.53. The number of hydrogen-bond donors (Lipinski definition) is 1. The van der Waals surface area contributed by atoms with Gasteiger partial charge in [0.15, 0.2) is 0 Å². The minimum Gasteiger partial charge on any atom is -0.481 e. The molecule has 118 valence electrons. The number of likely N-dealkylation sites (tertiary alicyclic amines) is 1. The summed E-state index contributed by atoms with van der Waals surface area (Å²) < 4.78 is 0. The first-order valence-corrected chi connectivity index (χ1v) is 8.16. The Morgan fingerprint density at radius 1 is 1.05 bits per heavy atom. The van der Waals surface area contributed by atoms with Crippen molar-refractivity contribution in [2.24, 2.45) is 17.8 Å². The summed E-state index contributed by atoms with van der Waals surface area (Å²) in [6.07, 6.45) is 2.68. The summed E-state index contributed by atoms with van der Waals surface area (Å²) in [6.45, 7) is 3.00. The Bertz CT molecular complexity index is 549. The van der Waals surface area contributed by atoms with Gasteiger partial charge in [0.2, 0.25) is 5.91 Å². The van der Waals surface area contributed by atoms with Crippen LogP contribution < -0.4 is 0 Å². The molecule has 1 heterocycles. The first kappa shape index (κ1) is 15.1. The van der Waals surface area contributed by atoms with Gasteiger partial charge >= 0.3 is 5.97 Å². The van der Waals surface area contributed by atoms with Gasteiger partial charge in [-0.15, -0.1) is 0 Å². The lowest BCUT2D eigenvalue weighted by atomic mass is 9.78. The van der Waals surface area contributed by atoms with Crippen molar-refractivity contribution in [2.45, 2.75) is 38.6 Å². The number of carbonyl (C=O) groups is 2. The van der Waals surface area contributed by atoms with Crippen LogP contribution in [0.3, 0.4) is 0 Å². The zero-order valence-corrected chi connectivity index (χ0v) is 12.9. The fraction of sp³-hybridized carbons (Fsp3) is 0.556. The van der Waals surface area contributed by atoms with E-state index < -0.39 is 5.97 Å². The van der Waals surface area contributed by atoms with Gasteiger partial charge in [-0.25, -0.2) is 0 Å². The lowest BCUT2D eigenvalue weighted by Crippen LogP contribution is -2.53. The maximum Gasteiger partial charge on any atom is 0.306 e. The number of amides is 1. The highest BCUT2D eigenvalue weighted by Crippen LogP contribution is 2.41. The smallest absolute Gasteiger partial charge is 0.306 e. The number of aliphatic carboxylic acids is 1. The van der Waals surface area contributed by atoms with Crippen molar-refractivity contribution in [3.8, 4) is 0 Å². The van der Waals surface area contributed by atoms with E-state index in [1.165, 1.54) is 5.56 Å². The summed E-state index contributed by atoms with van der Waals surface area (Å²) in [5.74, 6) is -0.262. The molecule has 1 saturated carbocycles. The average molecular weight is 301 g/mol. The summed E-state index contributed by atoms with van der Waals surface area (Å²) >= 11 is 0. The Morgan fingerprint density at radius 2 is 1.64 bits per heavy atom. The van der Waals surface area contributed by atoms with E-state index in [0.717, 1.165) is 6.54 Å². The monoisotopic (exact) mass is 301 g/mol. The van der Waals surface area contributed by atoms with Gasteiger partial charge in [-0.05, 0) is 37.2 Å². The molecule has 0 spiro atoms. The van der Waals surface area contributed by atoms with Crippen LogP contribution in [0.5, 0.6) is 0 Å². The van der Waals surface area contributed by atoms with E-state index in [2.05, 4.69) is 19.1 Å². The van der Waals surface area contributed by atoms with Crippen LogP contribution in [0.1, 0.15) is 44.2 Å². The van der Waals surface area contributed by atoms with Crippen molar-refractivity contribution in [1.29, 1.82) is 0 Å². The van der Waals surface area contributed by atoms with Crippen LogP contribution in [0.2, 0.25) is 0 Å². The maximum absolute atomic E-state index is 12.8. The molecule has 0 radical (unpaired) electrons. The minimum atomic E-state index is -0.717. The summed E-state index contributed by atoms with van der Waals surface area (Å²) in [7, 11) is 0. The van der Waals surface area contributed by atoms with E-state index >= 15 is 0 Å². The maximum atomic E-state index is 12.8. The van der Waals surface area contributed by atoms with Gasteiger partial charge in [-0.2, -0.15) is 0 Å². The van der Waals surface area contributed by atoms with E-state index in [4.69, 9.17) is 5.11 Å². The van der Waals surface area contributed by atoms with Gasteiger partial charge in [0.25, 0.3) is 0 Å². The van der Waals surface area contributed by atoms with Crippen LogP contribution in [0, 0.1) is 17.8 Å². The van der Waals surface area contributed by atoms with E-state index in [1.807, 2.05) is 23.1 Å². The molecule has 1 aliphatic carbocycles. The lowest BCUT2D eigenvalue weighted by molar-refractivity contribution is -0.152. The first-order valence-electron chi connectivity index (χ1n) is 8.16. The molecule has 1 amide bonds. The Labute approximate surface area is 131 Å². The highest BCUT2D eigenvalue weighted by atomic mass is 16.4. The number of carboxylic acid groups (broad SMARTS) is 1. The van der Waals surface area contributed by atoms with E-state index in [-0.39, 0.29) is 23.8 Å². The topological polar surface area (TPSA) is 57.6 Å². The third kappa shape index (κ3) is 2.74. The Hall–Kier alpha value is -1.84. The number of carbonyl (C=O) groups excluding carboxylic acids is 1. The third-order valence-corrected chi connectivity index (χ3v) is 5.21. The number of rotatable bonds is 3. The fourth-order valence-electron chi connectivity index (χ4n) is 3.90. The molecule has 3 rings (SSSR count). The van der Waals surface area contributed by atoms with Crippen molar-refractivity contribution in [3.05, 3.63) is 35.9 Å². The lowest BCUT2D eigenvalue weighted by Gasteiger charge is -2.48. The van der Waals surface area contributed by atoms with Crippen LogP contribution in [-0.4, -0.2) is 28.4 Å². The minimum absolute atomic E-state index is 0.00862. The van der Waals surface area contributed by atoms with Crippen LogP contribution in [0.15, 0.2) is 30.3 Å². The van der Waals surface area contributed by atoms with Gasteiger partial charge in [-0.1, -0.05) is 37.3 Å². The Balaban J connectivity index is 1.65. The SMILES string of the molecule is CC1CN(C(=O)C2CCC(C(=O)O)CC2)C1c1ccccc1. The molecular formula is C18H23NO3. The molecule has 1 saturated heterocycles. The summed E-state index contributed by atoms with van der Waals surface area (Å²) in [5, 5.41) is 9.06. The van der Waals surface area contributed by atoms with Crippen molar-refractivity contribution >= 4 is 11.9 Å². The summed E-state index contributed by atoms with van der Waals surface area (Å²) in [6, 6.07) is 10.4. The molecule has 0 bridgehead atoms. The van der Waals surface area contributed by atoms with Crippen molar-refractivity contribution in [1.82, 2.24) is 4.90 Å². The zero-order valence-electron chi connectivity index (χ0n) is 12.9. The molecule has 22 heavy (non-hydrogen) atoms. The predicted molar refractivity (Wildman–Crippen MR) is 83.1 cm³/mol. The van der Waals surface area contributed by atoms with Gasteiger partial charge in [0, 0.05) is 12.5 Å². The summed E-state index contributed by atoms with van der Waals surface area (Å²) in [4.78, 5) is 25.8. The van der Waals surface area contributed by atoms with Crippen molar-refractivity contribution in [3.63, 3.8) is 0 Å². The second-order valence-electron chi connectivity index (χ2n) is 6.71. The second kappa shape index (κ2) is 6.11. The fourth-order valence-corrected chi connectivity index (χ4v) is 3.90. The highest BCUT2D eigenvalue weighted by Gasteiger charge is 2.43. The summed E-state index contributed by atoms with van der Waals surface area (Å²) in [5.41, 5.74) is 1.20.